The van der Waals surface area contributed by atoms with Crippen LogP contribution >= 0.6 is 0 Å². The summed E-state index contributed by atoms with van der Waals surface area (Å²) >= 11 is 0. The molecule has 1 aromatic rings. The van der Waals surface area contributed by atoms with E-state index in [1.54, 1.807) is 6.92 Å². The first-order valence-electron chi connectivity index (χ1n) is 5.99. The molecule has 1 heteroatoms. The van der Waals surface area contributed by atoms with Gasteiger partial charge in [0.25, 0.3) is 0 Å². The molecule has 0 aliphatic carbocycles. The van der Waals surface area contributed by atoms with Crippen LogP contribution in [0.1, 0.15) is 38.2 Å². The van der Waals surface area contributed by atoms with Gasteiger partial charge in [0.1, 0.15) is 6.10 Å². The van der Waals surface area contributed by atoms with Gasteiger partial charge in [-0.3, -0.25) is 0 Å². The summed E-state index contributed by atoms with van der Waals surface area (Å²) in [5, 5.41) is 8.92. The van der Waals surface area contributed by atoms with Crippen molar-refractivity contribution in [3.8, 4) is 23.7 Å². The minimum Gasteiger partial charge on any atom is -0.381 e. The first kappa shape index (κ1) is 13.4. The summed E-state index contributed by atoms with van der Waals surface area (Å²) in [6, 6.07) is 10.0. The Hall–Kier alpha value is -1.70. The quantitative estimate of drug-likeness (QED) is 0.620. The lowest BCUT2D eigenvalue weighted by Gasteiger charge is -1.91. The van der Waals surface area contributed by atoms with Gasteiger partial charge in [0.15, 0.2) is 0 Å². The molecule has 1 atom stereocenters. The fraction of sp³-hybridized carbons (Fsp3) is 0.375. The second kappa shape index (κ2) is 8.45. The zero-order valence-electron chi connectivity index (χ0n) is 10.2. The fourth-order valence-electron chi connectivity index (χ4n) is 1.33. The van der Waals surface area contributed by atoms with Gasteiger partial charge in [-0.15, -0.1) is 5.92 Å². The SMILES string of the molecule is CC(O)C#CCCCCC#Cc1ccccc1. The van der Waals surface area contributed by atoms with Crippen LogP contribution in [0.3, 0.4) is 0 Å². The predicted molar refractivity (Wildman–Crippen MR) is 71.2 cm³/mol. The molecule has 0 aliphatic rings. The van der Waals surface area contributed by atoms with Gasteiger partial charge in [-0.25, -0.2) is 0 Å². The van der Waals surface area contributed by atoms with E-state index in [-0.39, 0.29) is 0 Å². The van der Waals surface area contributed by atoms with Crippen molar-refractivity contribution in [3.05, 3.63) is 35.9 Å². The van der Waals surface area contributed by atoms with E-state index in [2.05, 4.69) is 23.7 Å². The lowest BCUT2D eigenvalue weighted by atomic mass is 10.2. The third-order valence-electron chi connectivity index (χ3n) is 2.17. The lowest BCUT2D eigenvalue weighted by molar-refractivity contribution is 0.253. The Morgan fingerprint density at radius 2 is 1.71 bits per heavy atom. The van der Waals surface area contributed by atoms with Crippen LogP contribution in [0, 0.1) is 23.7 Å². The molecule has 0 bridgehead atoms. The number of hydrogen-bond donors (Lipinski definition) is 1. The molecule has 0 heterocycles. The van der Waals surface area contributed by atoms with Crippen molar-refractivity contribution in [1.29, 1.82) is 0 Å². The van der Waals surface area contributed by atoms with Crippen LogP contribution in [0.15, 0.2) is 30.3 Å². The molecule has 1 nitrogen and oxygen atoms in total. The third-order valence-corrected chi connectivity index (χ3v) is 2.17. The van der Waals surface area contributed by atoms with Gasteiger partial charge in [-0.2, -0.15) is 0 Å². The van der Waals surface area contributed by atoms with E-state index < -0.39 is 6.10 Å². The highest BCUT2D eigenvalue weighted by atomic mass is 16.3. The van der Waals surface area contributed by atoms with Crippen LogP contribution in [0.25, 0.3) is 0 Å². The van der Waals surface area contributed by atoms with Crippen LogP contribution in [0.2, 0.25) is 0 Å². The Labute approximate surface area is 104 Å². The lowest BCUT2D eigenvalue weighted by Crippen LogP contribution is -1.92. The summed E-state index contributed by atoms with van der Waals surface area (Å²) in [7, 11) is 0. The molecule has 88 valence electrons. The Kier molecular flexibility index (Phi) is 6.64. The third kappa shape index (κ3) is 7.23. The smallest absolute Gasteiger partial charge is 0.111 e. The Morgan fingerprint density at radius 3 is 2.35 bits per heavy atom. The molecule has 17 heavy (non-hydrogen) atoms. The molecule has 0 saturated heterocycles. The van der Waals surface area contributed by atoms with Crippen LogP contribution in [-0.4, -0.2) is 11.2 Å². The minimum absolute atomic E-state index is 0.507. The van der Waals surface area contributed by atoms with Gasteiger partial charge >= 0.3 is 0 Å². The molecular weight excluding hydrogens is 208 g/mol. The highest BCUT2D eigenvalue weighted by Gasteiger charge is 1.86. The minimum atomic E-state index is -0.507. The van der Waals surface area contributed by atoms with E-state index in [9.17, 15) is 0 Å². The van der Waals surface area contributed by atoms with E-state index in [0.717, 1.165) is 31.2 Å². The van der Waals surface area contributed by atoms with Crippen molar-refractivity contribution >= 4 is 0 Å². The maximum absolute atomic E-state index is 8.92. The Balaban J connectivity index is 2.14. The van der Waals surface area contributed by atoms with Crippen molar-refractivity contribution in [3.63, 3.8) is 0 Å². The second-order valence-electron chi connectivity index (χ2n) is 3.87. The molecule has 1 aromatic carbocycles. The van der Waals surface area contributed by atoms with Crippen LogP contribution < -0.4 is 0 Å². The van der Waals surface area contributed by atoms with Crippen molar-refractivity contribution in [2.24, 2.45) is 0 Å². The highest BCUT2D eigenvalue weighted by Crippen LogP contribution is 1.99. The molecule has 1 unspecified atom stereocenters. The Morgan fingerprint density at radius 1 is 1.06 bits per heavy atom. The summed E-state index contributed by atoms with van der Waals surface area (Å²) in [6.07, 6.45) is 3.36. The summed E-state index contributed by atoms with van der Waals surface area (Å²) in [5.74, 6) is 12.0. The number of unbranched alkanes of at least 4 members (excludes halogenated alkanes) is 3. The number of benzene rings is 1. The van der Waals surface area contributed by atoms with E-state index >= 15 is 0 Å². The van der Waals surface area contributed by atoms with E-state index in [4.69, 9.17) is 5.11 Å². The average molecular weight is 226 g/mol. The Bertz CT molecular complexity index is 423. The predicted octanol–water partition coefficient (Wildman–Crippen LogP) is 2.98. The van der Waals surface area contributed by atoms with E-state index in [1.807, 2.05) is 30.3 Å². The molecule has 1 rings (SSSR count). The first-order chi connectivity index (χ1) is 8.29. The van der Waals surface area contributed by atoms with Crippen LogP contribution in [0.4, 0.5) is 0 Å². The fourth-order valence-corrected chi connectivity index (χ4v) is 1.33. The van der Waals surface area contributed by atoms with Gasteiger partial charge in [0.2, 0.25) is 0 Å². The van der Waals surface area contributed by atoms with Gasteiger partial charge in [0, 0.05) is 18.4 Å². The molecule has 0 aliphatic heterocycles. The number of aliphatic hydroxyl groups excluding tert-OH is 1. The summed E-state index contributed by atoms with van der Waals surface area (Å²) < 4.78 is 0. The van der Waals surface area contributed by atoms with Crippen molar-refractivity contribution < 1.29 is 5.11 Å². The number of aliphatic hydroxyl groups is 1. The maximum Gasteiger partial charge on any atom is 0.111 e. The topological polar surface area (TPSA) is 20.2 Å². The zero-order chi connectivity index (χ0) is 12.3. The summed E-state index contributed by atoms with van der Waals surface area (Å²) in [4.78, 5) is 0. The zero-order valence-corrected chi connectivity index (χ0v) is 10.2. The molecular formula is C16H18O. The van der Waals surface area contributed by atoms with Crippen LogP contribution in [-0.2, 0) is 0 Å². The highest BCUT2D eigenvalue weighted by molar-refractivity contribution is 5.33. The second-order valence-corrected chi connectivity index (χ2v) is 3.87. The largest absolute Gasteiger partial charge is 0.381 e. The first-order valence-corrected chi connectivity index (χ1v) is 5.99. The van der Waals surface area contributed by atoms with Crippen LogP contribution in [0.5, 0.6) is 0 Å². The van der Waals surface area contributed by atoms with Crippen molar-refractivity contribution in [2.45, 2.75) is 38.7 Å². The molecule has 1 N–H and O–H groups in total. The average Bonchev–Trinajstić information content (AvgIpc) is 2.33. The number of rotatable bonds is 3. The van der Waals surface area contributed by atoms with Gasteiger partial charge in [-0.05, 0) is 31.9 Å². The standard InChI is InChI=1S/C16H18O/c1-15(17)11-7-4-2-3-5-8-12-16-13-9-6-10-14-16/h6,9-10,13-15,17H,2-5H2,1H3. The van der Waals surface area contributed by atoms with Crippen molar-refractivity contribution in [2.75, 3.05) is 0 Å². The maximum atomic E-state index is 8.92. The molecule has 0 aromatic heterocycles. The normalized spacial score (nSPS) is 10.7. The van der Waals surface area contributed by atoms with E-state index in [1.165, 1.54) is 0 Å². The molecule has 0 amide bonds. The number of hydrogen-bond acceptors (Lipinski definition) is 1. The molecule has 0 radical (unpaired) electrons. The van der Waals surface area contributed by atoms with Gasteiger partial charge in [0.05, 0.1) is 0 Å². The van der Waals surface area contributed by atoms with Gasteiger partial charge in [-0.1, -0.05) is 36.0 Å². The molecule has 0 saturated carbocycles. The monoisotopic (exact) mass is 226 g/mol. The molecule has 0 spiro atoms. The summed E-state index contributed by atoms with van der Waals surface area (Å²) in [6.45, 7) is 1.68. The van der Waals surface area contributed by atoms with Crippen molar-refractivity contribution in [1.82, 2.24) is 0 Å². The molecule has 0 fully saturated rings. The van der Waals surface area contributed by atoms with Gasteiger partial charge < -0.3 is 5.11 Å². The summed E-state index contributed by atoms with van der Waals surface area (Å²) in [5.41, 5.74) is 1.07. The van der Waals surface area contributed by atoms with E-state index in [0.29, 0.717) is 0 Å².